The first-order chi connectivity index (χ1) is 8.14. The molecule has 3 aliphatic rings. The van der Waals surface area contributed by atoms with Crippen LogP contribution in [0.15, 0.2) is 0 Å². The highest BCUT2D eigenvalue weighted by molar-refractivity contribution is 5.09. The van der Waals surface area contributed by atoms with E-state index in [9.17, 15) is 0 Å². The molecule has 2 nitrogen and oxygen atoms in total. The highest BCUT2D eigenvalue weighted by Gasteiger charge is 2.63. The van der Waals surface area contributed by atoms with Gasteiger partial charge in [-0.15, -0.1) is 0 Å². The van der Waals surface area contributed by atoms with Crippen LogP contribution in [0.3, 0.4) is 0 Å². The van der Waals surface area contributed by atoms with Gasteiger partial charge in [-0.05, 0) is 56.3 Å². The number of fused-ring (bicyclic) bond motifs is 1. The Morgan fingerprint density at radius 1 is 1.00 bits per heavy atom. The Balaban J connectivity index is 1.70. The molecule has 0 aromatic heterocycles. The average Bonchev–Trinajstić information content (AvgIpc) is 2.90. The summed E-state index contributed by atoms with van der Waals surface area (Å²) in [6, 6.07) is 0. The lowest BCUT2D eigenvalue weighted by Crippen LogP contribution is -2.33. The van der Waals surface area contributed by atoms with Crippen LogP contribution >= 0.6 is 0 Å². The van der Waals surface area contributed by atoms with Crippen molar-refractivity contribution in [1.82, 2.24) is 0 Å². The van der Waals surface area contributed by atoms with Crippen LogP contribution in [-0.4, -0.2) is 20.0 Å². The van der Waals surface area contributed by atoms with Crippen LogP contribution in [0, 0.1) is 23.2 Å². The Morgan fingerprint density at radius 2 is 1.65 bits per heavy atom. The molecule has 17 heavy (non-hydrogen) atoms. The van der Waals surface area contributed by atoms with Gasteiger partial charge < -0.3 is 9.47 Å². The summed E-state index contributed by atoms with van der Waals surface area (Å²) >= 11 is 0. The van der Waals surface area contributed by atoms with Gasteiger partial charge in [0, 0.05) is 20.1 Å². The van der Waals surface area contributed by atoms with Crippen molar-refractivity contribution in [2.45, 2.75) is 57.7 Å². The molecule has 0 aromatic rings. The molecule has 0 aromatic carbocycles. The minimum Gasteiger partial charge on any atom is -0.353 e. The first-order valence-electron chi connectivity index (χ1n) is 7.24. The molecule has 1 spiro atoms. The van der Waals surface area contributed by atoms with Crippen molar-refractivity contribution in [3.05, 3.63) is 0 Å². The van der Waals surface area contributed by atoms with Gasteiger partial charge in [-0.3, -0.25) is 0 Å². The van der Waals surface area contributed by atoms with Crippen LogP contribution < -0.4 is 0 Å². The first kappa shape index (κ1) is 12.0. The molecule has 0 saturated heterocycles. The van der Waals surface area contributed by atoms with Crippen molar-refractivity contribution < 1.29 is 9.47 Å². The van der Waals surface area contributed by atoms with Crippen molar-refractivity contribution in [2.75, 3.05) is 14.2 Å². The molecule has 0 amide bonds. The first-order valence-corrected chi connectivity index (χ1v) is 7.24. The molecule has 3 rings (SSSR count). The van der Waals surface area contributed by atoms with Crippen LogP contribution in [-0.2, 0) is 9.47 Å². The molecule has 3 fully saturated rings. The maximum atomic E-state index is 5.63. The van der Waals surface area contributed by atoms with E-state index < -0.39 is 0 Å². The van der Waals surface area contributed by atoms with Crippen LogP contribution in [0.25, 0.3) is 0 Å². The summed E-state index contributed by atoms with van der Waals surface area (Å²) in [5, 5.41) is 0. The average molecular weight is 238 g/mol. The number of hydrogen-bond acceptors (Lipinski definition) is 2. The maximum Gasteiger partial charge on any atom is 0.168 e. The van der Waals surface area contributed by atoms with Gasteiger partial charge in [-0.1, -0.05) is 12.8 Å². The van der Waals surface area contributed by atoms with E-state index >= 15 is 0 Å². The van der Waals surface area contributed by atoms with Gasteiger partial charge in [0.2, 0.25) is 0 Å². The van der Waals surface area contributed by atoms with Crippen LogP contribution in [0.1, 0.15) is 51.9 Å². The second-order valence-electron chi connectivity index (χ2n) is 6.73. The van der Waals surface area contributed by atoms with Gasteiger partial charge >= 0.3 is 0 Å². The molecule has 2 heteroatoms. The van der Waals surface area contributed by atoms with E-state index in [0.29, 0.717) is 5.92 Å². The summed E-state index contributed by atoms with van der Waals surface area (Å²) in [5.74, 6) is 2.08. The Kier molecular flexibility index (Phi) is 2.79. The molecule has 0 heterocycles. The molecule has 0 aliphatic heterocycles. The van der Waals surface area contributed by atoms with E-state index in [-0.39, 0.29) is 5.79 Å². The van der Waals surface area contributed by atoms with Gasteiger partial charge in [-0.2, -0.15) is 0 Å². The van der Waals surface area contributed by atoms with E-state index in [1.165, 1.54) is 44.9 Å². The molecule has 3 unspecified atom stereocenters. The zero-order chi connectivity index (χ0) is 12.1. The highest BCUT2D eigenvalue weighted by atomic mass is 16.7. The predicted octanol–water partition coefficient (Wildman–Crippen LogP) is 3.60. The van der Waals surface area contributed by atoms with E-state index in [4.69, 9.17) is 9.47 Å². The molecule has 0 radical (unpaired) electrons. The Morgan fingerprint density at radius 3 is 2.24 bits per heavy atom. The number of methoxy groups -OCH3 is 2. The minimum absolute atomic E-state index is 0.334. The molecule has 3 aliphatic carbocycles. The zero-order valence-electron chi connectivity index (χ0n) is 11.5. The highest BCUT2D eigenvalue weighted by Crippen LogP contribution is 2.67. The topological polar surface area (TPSA) is 18.5 Å². The van der Waals surface area contributed by atoms with Crippen molar-refractivity contribution in [2.24, 2.45) is 23.2 Å². The Labute approximate surface area is 105 Å². The summed E-state index contributed by atoms with van der Waals surface area (Å²) in [4.78, 5) is 0. The van der Waals surface area contributed by atoms with E-state index in [1.807, 2.05) is 0 Å². The molecule has 0 bridgehead atoms. The summed E-state index contributed by atoms with van der Waals surface area (Å²) < 4.78 is 11.3. The summed E-state index contributed by atoms with van der Waals surface area (Å²) in [7, 11) is 3.58. The second kappa shape index (κ2) is 3.96. The summed E-state index contributed by atoms with van der Waals surface area (Å²) in [6.45, 7) is 2.12. The lowest BCUT2D eigenvalue weighted by Gasteiger charge is -2.32. The fourth-order valence-corrected chi connectivity index (χ4v) is 4.90. The smallest absolute Gasteiger partial charge is 0.168 e. The third-order valence-electron chi connectivity index (χ3n) is 6.09. The fourth-order valence-electron chi connectivity index (χ4n) is 4.90. The van der Waals surface area contributed by atoms with Crippen molar-refractivity contribution >= 4 is 0 Å². The SMILES string of the molecule is COC(C)(OC)C1C2CCC3(CCCC3)CC21. The summed E-state index contributed by atoms with van der Waals surface area (Å²) in [5.41, 5.74) is 0.721. The van der Waals surface area contributed by atoms with E-state index in [1.54, 1.807) is 14.2 Å². The lowest BCUT2D eigenvalue weighted by molar-refractivity contribution is -0.212. The maximum absolute atomic E-state index is 5.63. The standard InChI is InChI=1S/C15H26O2/c1-14(16-2,17-3)13-11-6-9-15(10-12(11)13)7-4-5-8-15/h11-13H,4-10H2,1-3H3. The summed E-state index contributed by atoms with van der Waals surface area (Å²) in [6.07, 6.45) is 10.2. The molecule has 98 valence electrons. The number of ether oxygens (including phenoxy) is 2. The third-order valence-corrected chi connectivity index (χ3v) is 6.09. The van der Waals surface area contributed by atoms with Gasteiger partial charge in [0.05, 0.1) is 0 Å². The molecular weight excluding hydrogens is 212 g/mol. The van der Waals surface area contributed by atoms with Crippen molar-refractivity contribution in [3.8, 4) is 0 Å². The Bertz CT molecular complexity index is 289. The largest absolute Gasteiger partial charge is 0.353 e. The molecule has 0 N–H and O–H groups in total. The van der Waals surface area contributed by atoms with Crippen LogP contribution in [0.2, 0.25) is 0 Å². The van der Waals surface area contributed by atoms with Crippen LogP contribution in [0.5, 0.6) is 0 Å². The van der Waals surface area contributed by atoms with Gasteiger partial charge in [0.25, 0.3) is 0 Å². The van der Waals surface area contributed by atoms with Crippen molar-refractivity contribution in [3.63, 3.8) is 0 Å². The fraction of sp³-hybridized carbons (Fsp3) is 1.00. The number of rotatable bonds is 3. The quantitative estimate of drug-likeness (QED) is 0.699. The van der Waals surface area contributed by atoms with E-state index in [2.05, 4.69) is 6.92 Å². The normalized spacial score (nSPS) is 39.4. The van der Waals surface area contributed by atoms with Gasteiger partial charge in [0.1, 0.15) is 0 Å². The van der Waals surface area contributed by atoms with Crippen LogP contribution in [0.4, 0.5) is 0 Å². The predicted molar refractivity (Wildman–Crippen MR) is 67.6 cm³/mol. The zero-order valence-corrected chi connectivity index (χ0v) is 11.5. The lowest BCUT2D eigenvalue weighted by atomic mass is 9.73. The van der Waals surface area contributed by atoms with Crippen molar-refractivity contribution in [1.29, 1.82) is 0 Å². The monoisotopic (exact) mass is 238 g/mol. The second-order valence-corrected chi connectivity index (χ2v) is 6.73. The molecule has 3 saturated carbocycles. The van der Waals surface area contributed by atoms with Gasteiger partial charge in [0.15, 0.2) is 5.79 Å². The van der Waals surface area contributed by atoms with E-state index in [0.717, 1.165) is 17.3 Å². The minimum atomic E-state index is -0.334. The molecule has 3 atom stereocenters. The molecular formula is C15H26O2. The number of hydrogen-bond donors (Lipinski definition) is 0. The third kappa shape index (κ3) is 1.76. The Hall–Kier alpha value is -0.0800. The van der Waals surface area contributed by atoms with Gasteiger partial charge in [-0.25, -0.2) is 0 Å².